The molecule has 1 aliphatic rings. The molecule has 6 heteroatoms. The average Bonchev–Trinajstić information content (AvgIpc) is 3.08. The lowest BCUT2D eigenvalue weighted by Gasteiger charge is -2.14. The first kappa shape index (κ1) is 16.4. The Morgan fingerprint density at radius 1 is 1.07 bits per heavy atom. The third-order valence-electron chi connectivity index (χ3n) is 5.01. The molecule has 1 aliphatic carbocycles. The Bertz CT molecular complexity index is 1330. The van der Waals surface area contributed by atoms with Crippen molar-refractivity contribution in [1.82, 2.24) is 9.38 Å². The lowest BCUT2D eigenvalue weighted by Crippen LogP contribution is -2.24. The molecule has 4 aromatic rings. The normalized spacial score (nSPS) is 12.9. The first-order valence-corrected chi connectivity index (χ1v) is 8.90. The van der Waals surface area contributed by atoms with E-state index in [1.165, 1.54) is 6.20 Å². The zero-order chi connectivity index (χ0) is 19.4. The van der Waals surface area contributed by atoms with E-state index in [-0.39, 0.29) is 40.5 Å². The van der Waals surface area contributed by atoms with Crippen LogP contribution < -0.4 is 0 Å². The van der Waals surface area contributed by atoms with Crippen molar-refractivity contribution in [3.05, 3.63) is 82.9 Å². The molecular formula is C22H14N2O4. The van der Waals surface area contributed by atoms with Gasteiger partial charge in [-0.2, -0.15) is 0 Å². The fourth-order valence-corrected chi connectivity index (χ4v) is 3.88. The fraction of sp³-hybridized carbons (Fsp3) is 0.0909. The van der Waals surface area contributed by atoms with Gasteiger partial charge in [-0.1, -0.05) is 24.3 Å². The number of fused-ring (bicyclic) bond motifs is 6. The highest BCUT2D eigenvalue weighted by atomic mass is 16.5. The van der Waals surface area contributed by atoms with Gasteiger partial charge in [0.15, 0.2) is 0 Å². The summed E-state index contributed by atoms with van der Waals surface area (Å²) in [6, 6.07) is 12.6. The van der Waals surface area contributed by atoms with Crippen LogP contribution in [0.4, 0.5) is 0 Å². The van der Waals surface area contributed by atoms with Crippen LogP contribution >= 0.6 is 0 Å². The number of hydrogen-bond acceptors (Lipinski definition) is 5. The van der Waals surface area contributed by atoms with Crippen LogP contribution in [0.25, 0.3) is 16.3 Å². The molecule has 6 nitrogen and oxygen atoms in total. The van der Waals surface area contributed by atoms with E-state index in [1.807, 2.05) is 30.3 Å². The van der Waals surface area contributed by atoms with Crippen molar-refractivity contribution in [2.45, 2.75) is 6.92 Å². The molecule has 5 rings (SSSR count). The van der Waals surface area contributed by atoms with Crippen LogP contribution in [0.15, 0.2) is 54.9 Å². The third kappa shape index (κ3) is 2.02. The van der Waals surface area contributed by atoms with E-state index in [0.717, 1.165) is 10.8 Å². The van der Waals surface area contributed by atoms with E-state index >= 15 is 0 Å². The minimum atomic E-state index is -0.627. The van der Waals surface area contributed by atoms with Gasteiger partial charge in [0.05, 0.1) is 28.8 Å². The maximum atomic E-state index is 13.3. The van der Waals surface area contributed by atoms with E-state index in [9.17, 15) is 14.4 Å². The summed E-state index contributed by atoms with van der Waals surface area (Å²) >= 11 is 0. The first-order chi connectivity index (χ1) is 13.6. The largest absolute Gasteiger partial charge is 0.462 e. The summed E-state index contributed by atoms with van der Waals surface area (Å²) in [5.74, 6) is -1.40. The summed E-state index contributed by atoms with van der Waals surface area (Å²) in [5, 5.41) is 1.66. The van der Waals surface area contributed by atoms with E-state index in [0.29, 0.717) is 5.52 Å². The highest BCUT2D eigenvalue weighted by Gasteiger charge is 2.39. The molecular weight excluding hydrogens is 356 g/mol. The highest BCUT2D eigenvalue weighted by Crippen LogP contribution is 2.36. The minimum Gasteiger partial charge on any atom is -0.462 e. The fourth-order valence-electron chi connectivity index (χ4n) is 3.88. The molecule has 1 aromatic carbocycles. The van der Waals surface area contributed by atoms with Gasteiger partial charge in [0.2, 0.25) is 11.6 Å². The molecule has 0 spiro atoms. The van der Waals surface area contributed by atoms with Crippen molar-refractivity contribution in [2.75, 3.05) is 6.61 Å². The molecule has 0 unspecified atom stereocenters. The third-order valence-corrected chi connectivity index (χ3v) is 5.01. The van der Waals surface area contributed by atoms with Crippen LogP contribution in [0.2, 0.25) is 0 Å². The van der Waals surface area contributed by atoms with E-state index < -0.39 is 11.8 Å². The van der Waals surface area contributed by atoms with Crippen LogP contribution in [0.3, 0.4) is 0 Å². The van der Waals surface area contributed by atoms with Crippen LogP contribution in [-0.4, -0.2) is 33.5 Å². The summed E-state index contributed by atoms with van der Waals surface area (Å²) in [4.78, 5) is 43.5. The Kier molecular flexibility index (Phi) is 3.42. The molecule has 0 saturated carbocycles. The summed E-state index contributed by atoms with van der Waals surface area (Å²) in [6.45, 7) is 1.86. The molecule has 28 heavy (non-hydrogen) atoms. The van der Waals surface area contributed by atoms with E-state index in [1.54, 1.807) is 29.7 Å². The lowest BCUT2D eigenvalue weighted by molar-refractivity contribution is 0.0526. The molecule has 0 N–H and O–H groups in total. The number of nitrogens with zero attached hydrogens (tertiary/aromatic N) is 2. The highest BCUT2D eigenvalue weighted by molar-refractivity contribution is 6.32. The zero-order valence-electron chi connectivity index (χ0n) is 14.9. The van der Waals surface area contributed by atoms with Gasteiger partial charge in [0, 0.05) is 17.8 Å². The molecule has 0 amide bonds. The number of carbonyl (C=O) groups is 3. The van der Waals surface area contributed by atoms with Gasteiger partial charge in [-0.15, -0.1) is 0 Å². The monoisotopic (exact) mass is 370 g/mol. The van der Waals surface area contributed by atoms with Gasteiger partial charge >= 0.3 is 5.97 Å². The van der Waals surface area contributed by atoms with Crippen molar-refractivity contribution in [3.8, 4) is 0 Å². The molecule has 0 saturated heterocycles. The summed E-state index contributed by atoms with van der Waals surface area (Å²) in [5.41, 5.74) is 1.15. The minimum absolute atomic E-state index is 0.0609. The number of pyridine rings is 2. The van der Waals surface area contributed by atoms with Gasteiger partial charge in [0.1, 0.15) is 11.4 Å². The molecule has 0 atom stereocenters. The van der Waals surface area contributed by atoms with Crippen molar-refractivity contribution in [3.63, 3.8) is 0 Å². The maximum Gasteiger partial charge on any atom is 0.341 e. The maximum absolute atomic E-state index is 13.3. The van der Waals surface area contributed by atoms with Crippen LogP contribution in [0.5, 0.6) is 0 Å². The van der Waals surface area contributed by atoms with Gasteiger partial charge < -0.3 is 9.14 Å². The first-order valence-electron chi connectivity index (χ1n) is 8.90. The number of carbonyl (C=O) groups excluding carboxylic acids is 3. The Balaban J connectivity index is 1.98. The average molecular weight is 370 g/mol. The number of ether oxygens (including phenoxy) is 1. The lowest BCUT2D eigenvalue weighted by atomic mass is 9.89. The summed E-state index contributed by atoms with van der Waals surface area (Å²) in [6.07, 6.45) is 3.18. The van der Waals surface area contributed by atoms with Crippen molar-refractivity contribution in [1.29, 1.82) is 0 Å². The number of benzene rings is 1. The predicted octanol–water partition coefficient (Wildman–Crippen LogP) is 3.44. The summed E-state index contributed by atoms with van der Waals surface area (Å²) < 4.78 is 6.87. The number of rotatable bonds is 2. The molecule has 3 heterocycles. The topological polar surface area (TPSA) is 77.7 Å². The number of hydrogen-bond donors (Lipinski definition) is 0. The second-order valence-electron chi connectivity index (χ2n) is 6.50. The molecule has 136 valence electrons. The Morgan fingerprint density at radius 2 is 1.89 bits per heavy atom. The van der Waals surface area contributed by atoms with Crippen molar-refractivity contribution in [2.24, 2.45) is 0 Å². The quantitative estimate of drug-likeness (QED) is 0.445. The van der Waals surface area contributed by atoms with Crippen LogP contribution in [0.1, 0.15) is 49.4 Å². The predicted molar refractivity (Wildman–Crippen MR) is 102 cm³/mol. The zero-order valence-corrected chi connectivity index (χ0v) is 14.9. The smallest absolute Gasteiger partial charge is 0.341 e. The van der Waals surface area contributed by atoms with E-state index in [2.05, 4.69) is 4.98 Å². The molecule has 0 radical (unpaired) electrons. The number of aromatic nitrogens is 2. The van der Waals surface area contributed by atoms with Gasteiger partial charge in [-0.25, -0.2) is 4.79 Å². The van der Waals surface area contributed by atoms with Gasteiger partial charge in [-0.3, -0.25) is 14.6 Å². The van der Waals surface area contributed by atoms with Gasteiger partial charge in [0.25, 0.3) is 0 Å². The standard InChI is InChI=1S/C22H14N2O4/c1-2-28-22(27)16-15-19(20(25)14-8-5-10-23-17(14)21(15)26)24-11-9-12-6-3-4-7-13(12)18(16)24/h3-11H,2H2,1H3. The molecule has 3 aromatic heterocycles. The second-order valence-corrected chi connectivity index (χ2v) is 6.50. The van der Waals surface area contributed by atoms with Gasteiger partial charge in [-0.05, 0) is 30.5 Å². The Hall–Kier alpha value is -3.80. The number of ketones is 2. The second kappa shape index (κ2) is 5.85. The molecule has 0 bridgehead atoms. The SMILES string of the molecule is CCOC(=O)c1c2c(n3ccc4ccccc4c13)C(=O)c1cccnc1C2=O. The molecule has 0 aliphatic heterocycles. The van der Waals surface area contributed by atoms with Crippen molar-refractivity contribution < 1.29 is 19.1 Å². The Morgan fingerprint density at radius 3 is 2.71 bits per heavy atom. The van der Waals surface area contributed by atoms with E-state index in [4.69, 9.17) is 4.74 Å². The number of esters is 1. The molecule has 0 fully saturated rings. The van der Waals surface area contributed by atoms with Crippen molar-refractivity contribution >= 4 is 33.8 Å². The van der Waals surface area contributed by atoms with Crippen LogP contribution in [0, 0.1) is 0 Å². The summed E-state index contributed by atoms with van der Waals surface area (Å²) in [7, 11) is 0. The Labute approximate surface area is 159 Å². The van der Waals surface area contributed by atoms with Crippen LogP contribution in [-0.2, 0) is 4.74 Å².